The van der Waals surface area contributed by atoms with Gasteiger partial charge in [0.1, 0.15) is 5.82 Å². The third kappa shape index (κ3) is 1.84. The summed E-state index contributed by atoms with van der Waals surface area (Å²) < 4.78 is 1.96. The molecule has 2 aromatic heterocycles. The van der Waals surface area contributed by atoms with Crippen molar-refractivity contribution in [2.75, 3.05) is 18.0 Å². The number of nitrogens with zero attached hydrogens (tertiary/aromatic N) is 5. The number of hydrogen-bond donors (Lipinski definition) is 0. The number of piperidine rings is 1. The highest BCUT2D eigenvalue weighted by molar-refractivity contribution is 6.21. The monoisotopic (exact) mass is 251 g/mol. The van der Waals surface area contributed by atoms with Gasteiger partial charge in [-0.05, 0) is 19.8 Å². The molecular weight excluding hydrogens is 238 g/mol. The zero-order valence-corrected chi connectivity index (χ0v) is 10.4. The molecule has 3 heterocycles. The van der Waals surface area contributed by atoms with Crippen LogP contribution in [0.25, 0.3) is 5.65 Å². The Kier molecular flexibility index (Phi) is 2.63. The second kappa shape index (κ2) is 4.14. The van der Waals surface area contributed by atoms with Gasteiger partial charge in [0, 0.05) is 25.5 Å². The summed E-state index contributed by atoms with van der Waals surface area (Å²) >= 11 is 6.21. The van der Waals surface area contributed by atoms with E-state index in [2.05, 4.69) is 20.1 Å². The lowest BCUT2D eigenvalue weighted by Crippen LogP contribution is -2.36. The van der Waals surface area contributed by atoms with Crippen LogP contribution in [0.4, 0.5) is 5.82 Å². The molecule has 0 bridgehead atoms. The van der Waals surface area contributed by atoms with Gasteiger partial charge in [0.05, 0.1) is 5.38 Å². The van der Waals surface area contributed by atoms with Gasteiger partial charge < -0.3 is 4.90 Å². The van der Waals surface area contributed by atoms with Crippen molar-refractivity contribution in [1.82, 2.24) is 19.6 Å². The van der Waals surface area contributed by atoms with Crippen LogP contribution in [0.15, 0.2) is 12.4 Å². The van der Waals surface area contributed by atoms with Gasteiger partial charge in [-0.3, -0.25) is 4.40 Å². The van der Waals surface area contributed by atoms with Gasteiger partial charge in [-0.15, -0.1) is 21.8 Å². The summed E-state index contributed by atoms with van der Waals surface area (Å²) in [7, 11) is 0. The van der Waals surface area contributed by atoms with Crippen LogP contribution in [0.1, 0.15) is 18.7 Å². The predicted octanol–water partition coefficient (Wildman–Crippen LogP) is 1.64. The van der Waals surface area contributed by atoms with E-state index in [0.717, 1.165) is 43.2 Å². The van der Waals surface area contributed by atoms with E-state index in [9.17, 15) is 0 Å². The van der Waals surface area contributed by atoms with E-state index in [4.69, 9.17) is 11.6 Å². The number of halogens is 1. The van der Waals surface area contributed by atoms with Crippen LogP contribution in [0.2, 0.25) is 0 Å². The highest BCUT2D eigenvalue weighted by Crippen LogP contribution is 2.23. The number of fused-ring (bicyclic) bond motifs is 1. The fraction of sp³-hybridized carbons (Fsp3) is 0.545. The molecule has 5 nitrogen and oxygen atoms in total. The Hall–Kier alpha value is -1.36. The van der Waals surface area contributed by atoms with Crippen molar-refractivity contribution >= 4 is 23.1 Å². The number of aryl methyl sites for hydroxylation is 1. The maximum absolute atomic E-state index is 6.21. The molecule has 0 N–H and O–H groups in total. The Labute approximate surface area is 104 Å². The van der Waals surface area contributed by atoms with Gasteiger partial charge in [0.15, 0.2) is 5.82 Å². The zero-order valence-electron chi connectivity index (χ0n) is 9.67. The minimum absolute atomic E-state index is 0.204. The van der Waals surface area contributed by atoms with Crippen molar-refractivity contribution in [1.29, 1.82) is 0 Å². The van der Waals surface area contributed by atoms with Crippen LogP contribution in [-0.4, -0.2) is 38.0 Å². The highest BCUT2D eigenvalue weighted by atomic mass is 35.5. The fourth-order valence-corrected chi connectivity index (χ4v) is 2.59. The molecule has 3 rings (SSSR count). The molecule has 2 aromatic rings. The van der Waals surface area contributed by atoms with Crippen molar-refractivity contribution in [2.24, 2.45) is 0 Å². The van der Waals surface area contributed by atoms with E-state index < -0.39 is 0 Å². The lowest BCUT2D eigenvalue weighted by atomic mass is 10.1. The van der Waals surface area contributed by atoms with Gasteiger partial charge in [0.2, 0.25) is 5.65 Å². The average Bonchev–Trinajstić information content (AvgIpc) is 2.71. The molecule has 0 radical (unpaired) electrons. The average molecular weight is 252 g/mol. The largest absolute Gasteiger partial charge is 0.352 e. The SMILES string of the molecule is Cc1nnc2c(N3CCCC(Cl)C3)nccn12. The number of alkyl halides is 1. The van der Waals surface area contributed by atoms with Gasteiger partial charge >= 0.3 is 0 Å². The topological polar surface area (TPSA) is 46.3 Å². The van der Waals surface area contributed by atoms with Crippen molar-refractivity contribution in [3.63, 3.8) is 0 Å². The summed E-state index contributed by atoms with van der Waals surface area (Å²) in [6, 6.07) is 0. The molecule has 1 saturated heterocycles. The van der Waals surface area contributed by atoms with Gasteiger partial charge in [-0.1, -0.05) is 0 Å². The molecule has 1 unspecified atom stereocenters. The van der Waals surface area contributed by atoms with Crippen LogP contribution in [-0.2, 0) is 0 Å². The molecule has 1 fully saturated rings. The number of hydrogen-bond acceptors (Lipinski definition) is 4. The zero-order chi connectivity index (χ0) is 11.8. The first-order valence-corrected chi connectivity index (χ1v) is 6.24. The highest BCUT2D eigenvalue weighted by Gasteiger charge is 2.21. The maximum Gasteiger partial charge on any atom is 0.203 e. The molecule has 0 aromatic carbocycles. The number of anilines is 1. The van der Waals surface area contributed by atoms with E-state index >= 15 is 0 Å². The molecule has 0 spiro atoms. The van der Waals surface area contributed by atoms with Gasteiger partial charge in [-0.25, -0.2) is 4.98 Å². The Bertz CT molecular complexity index is 538. The Morgan fingerprint density at radius 1 is 1.41 bits per heavy atom. The second-order valence-corrected chi connectivity index (χ2v) is 4.99. The minimum Gasteiger partial charge on any atom is -0.352 e. The molecule has 1 aliphatic heterocycles. The Morgan fingerprint density at radius 2 is 2.29 bits per heavy atom. The lowest BCUT2D eigenvalue weighted by molar-refractivity contribution is 0.580. The van der Waals surface area contributed by atoms with E-state index in [1.54, 1.807) is 6.20 Å². The quantitative estimate of drug-likeness (QED) is 0.723. The van der Waals surface area contributed by atoms with Crippen LogP contribution in [0.5, 0.6) is 0 Å². The summed E-state index contributed by atoms with van der Waals surface area (Å²) in [4.78, 5) is 6.62. The van der Waals surface area contributed by atoms with E-state index in [0.29, 0.717) is 0 Å². The summed E-state index contributed by atoms with van der Waals surface area (Å²) in [5.74, 6) is 1.77. The first-order valence-electron chi connectivity index (χ1n) is 5.81. The predicted molar refractivity (Wildman–Crippen MR) is 66.6 cm³/mol. The molecule has 1 atom stereocenters. The lowest BCUT2D eigenvalue weighted by Gasteiger charge is -2.30. The van der Waals surface area contributed by atoms with Crippen molar-refractivity contribution in [3.05, 3.63) is 18.2 Å². The third-order valence-electron chi connectivity index (χ3n) is 3.14. The smallest absolute Gasteiger partial charge is 0.203 e. The standard InChI is InChI=1S/C11H14ClN5/c1-8-14-15-11-10(13-4-6-17(8)11)16-5-2-3-9(12)7-16/h4,6,9H,2-3,5,7H2,1H3. The van der Waals surface area contributed by atoms with Crippen molar-refractivity contribution in [2.45, 2.75) is 25.1 Å². The number of rotatable bonds is 1. The van der Waals surface area contributed by atoms with Gasteiger partial charge in [0.25, 0.3) is 0 Å². The first-order chi connectivity index (χ1) is 8.25. The van der Waals surface area contributed by atoms with Crippen molar-refractivity contribution < 1.29 is 0 Å². The number of aromatic nitrogens is 4. The second-order valence-electron chi connectivity index (χ2n) is 4.38. The summed E-state index contributed by atoms with van der Waals surface area (Å²) in [5.41, 5.74) is 0.816. The minimum atomic E-state index is 0.204. The van der Waals surface area contributed by atoms with Gasteiger partial charge in [-0.2, -0.15) is 0 Å². The summed E-state index contributed by atoms with van der Waals surface area (Å²) in [5, 5.41) is 8.47. The van der Waals surface area contributed by atoms with E-state index in [-0.39, 0.29) is 5.38 Å². The fourth-order valence-electron chi connectivity index (χ4n) is 2.27. The van der Waals surface area contributed by atoms with E-state index in [1.165, 1.54) is 0 Å². The molecule has 6 heteroatoms. The Morgan fingerprint density at radius 3 is 3.12 bits per heavy atom. The molecule has 0 aliphatic carbocycles. The summed E-state index contributed by atoms with van der Waals surface area (Å²) in [6.07, 6.45) is 5.85. The molecule has 0 saturated carbocycles. The van der Waals surface area contributed by atoms with Crippen molar-refractivity contribution in [3.8, 4) is 0 Å². The maximum atomic E-state index is 6.21. The molecule has 17 heavy (non-hydrogen) atoms. The molecule has 0 amide bonds. The first kappa shape index (κ1) is 10.8. The van der Waals surface area contributed by atoms with E-state index in [1.807, 2.05) is 17.5 Å². The molecule has 1 aliphatic rings. The third-order valence-corrected chi connectivity index (χ3v) is 3.50. The van der Waals surface area contributed by atoms with Crippen LogP contribution in [0.3, 0.4) is 0 Å². The Balaban J connectivity index is 2.04. The van der Waals surface area contributed by atoms with Crippen LogP contribution < -0.4 is 4.90 Å². The van der Waals surface area contributed by atoms with Crippen LogP contribution in [0, 0.1) is 6.92 Å². The van der Waals surface area contributed by atoms with Crippen LogP contribution >= 0.6 is 11.6 Å². The normalized spacial score (nSPS) is 21.1. The molecule has 90 valence electrons. The molecular formula is C11H14ClN5. The summed E-state index contributed by atoms with van der Waals surface area (Å²) in [6.45, 7) is 3.76.